The van der Waals surface area contributed by atoms with Gasteiger partial charge >= 0.3 is 5.97 Å². The minimum atomic E-state index is -0.825. The van der Waals surface area contributed by atoms with Crippen LogP contribution in [0.25, 0.3) is 0 Å². The number of hydrogen-bond donors (Lipinski definition) is 2. The van der Waals surface area contributed by atoms with E-state index in [4.69, 9.17) is 5.11 Å². The lowest BCUT2D eigenvalue weighted by Gasteiger charge is -2.27. The number of anilines is 1. The van der Waals surface area contributed by atoms with Gasteiger partial charge in [0.05, 0.1) is 12.5 Å². The Hall–Kier alpha value is -1.55. The summed E-state index contributed by atoms with van der Waals surface area (Å²) < 4.78 is 0. The van der Waals surface area contributed by atoms with Gasteiger partial charge in [0.2, 0.25) is 0 Å². The van der Waals surface area contributed by atoms with Crippen LogP contribution in [0.5, 0.6) is 0 Å². The Morgan fingerprint density at radius 1 is 1.41 bits per heavy atom. The van der Waals surface area contributed by atoms with Crippen LogP contribution < -0.4 is 4.90 Å². The fourth-order valence-electron chi connectivity index (χ4n) is 1.78. The number of carboxylic acid groups (broad SMARTS) is 1. The lowest BCUT2D eigenvalue weighted by molar-refractivity contribution is -0.136. The van der Waals surface area contributed by atoms with Crippen LogP contribution in [-0.4, -0.2) is 35.4 Å². The minimum absolute atomic E-state index is 0.0705. The third-order valence-electron chi connectivity index (χ3n) is 2.54. The summed E-state index contributed by atoms with van der Waals surface area (Å²) in [5.74, 6) is -0.825. The summed E-state index contributed by atoms with van der Waals surface area (Å²) in [6.45, 7) is 4.53. The summed E-state index contributed by atoms with van der Waals surface area (Å²) in [5.41, 5.74) is 2.06. The highest BCUT2D eigenvalue weighted by Gasteiger charge is 2.12. The molecule has 0 radical (unpaired) electrons. The number of benzene rings is 1. The van der Waals surface area contributed by atoms with Crippen LogP contribution in [0.3, 0.4) is 0 Å². The lowest BCUT2D eigenvalue weighted by Crippen LogP contribution is -2.33. The molecular weight excluding hydrogens is 218 g/mol. The van der Waals surface area contributed by atoms with Gasteiger partial charge < -0.3 is 15.1 Å². The van der Waals surface area contributed by atoms with E-state index >= 15 is 0 Å². The number of aliphatic hydroxyl groups is 1. The van der Waals surface area contributed by atoms with E-state index in [1.54, 1.807) is 6.92 Å². The molecule has 4 heteroatoms. The van der Waals surface area contributed by atoms with Gasteiger partial charge in [0, 0.05) is 18.8 Å². The zero-order valence-corrected chi connectivity index (χ0v) is 10.3. The molecule has 0 bridgehead atoms. The van der Waals surface area contributed by atoms with Gasteiger partial charge in [-0.05, 0) is 25.5 Å². The molecule has 2 N–H and O–H groups in total. The molecular formula is C13H19NO3. The summed E-state index contributed by atoms with van der Waals surface area (Å²) in [6, 6.07) is 7.78. The fourth-order valence-corrected chi connectivity index (χ4v) is 1.78. The van der Waals surface area contributed by atoms with Gasteiger partial charge in [-0.1, -0.05) is 18.2 Å². The second kappa shape index (κ2) is 6.25. The van der Waals surface area contributed by atoms with Gasteiger partial charge in [0.25, 0.3) is 0 Å². The molecule has 94 valence electrons. The van der Waals surface area contributed by atoms with E-state index in [1.165, 1.54) is 0 Å². The van der Waals surface area contributed by atoms with E-state index in [0.717, 1.165) is 11.3 Å². The number of aryl methyl sites for hydroxylation is 1. The van der Waals surface area contributed by atoms with Crippen molar-refractivity contribution in [1.82, 2.24) is 0 Å². The Bertz CT molecular complexity index is 377. The normalized spacial score (nSPS) is 12.2. The lowest BCUT2D eigenvalue weighted by atomic mass is 10.1. The first-order valence-corrected chi connectivity index (χ1v) is 5.71. The van der Waals surface area contributed by atoms with Crippen molar-refractivity contribution >= 4 is 11.7 Å². The predicted molar refractivity (Wildman–Crippen MR) is 67.3 cm³/mol. The minimum Gasteiger partial charge on any atom is -0.481 e. The summed E-state index contributed by atoms with van der Waals surface area (Å²) >= 11 is 0. The highest BCUT2D eigenvalue weighted by atomic mass is 16.4. The maximum atomic E-state index is 10.6. The second-order valence-electron chi connectivity index (χ2n) is 4.23. The van der Waals surface area contributed by atoms with Gasteiger partial charge in [0.1, 0.15) is 0 Å². The molecule has 0 aliphatic heterocycles. The van der Waals surface area contributed by atoms with Crippen molar-refractivity contribution < 1.29 is 15.0 Å². The van der Waals surface area contributed by atoms with Crippen LogP contribution in [0.2, 0.25) is 0 Å². The zero-order valence-electron chi connectivity index (χ0n) is 10.3. The monoisotopic (exact) mass is 237 g/mol. The summed E-state index contributed by atoms with van der Waals surface area (Å²) in [5, 5.41) is 18.2. The topological polar surface area (TPSA) is 60.8 Å². The van der Waals surface area contributed by atoms with Crippen LogP contribution in [0.15, 0.2) is 24.3 Å². The standard InChI is InChI=1S/C13H19NO3/c1-10-5-3-4-6-12(10)14(9-11(2)15)8-7-13(16)17/h3-6,11,15H,7-9H2,1-2H3,(H,16,17). The summed E-state index contributed by atoms with van der Waals surface area (Å²) in [4.78, 5) is 12.5. The van der Waals surface area contributed by atoms with E-state index in [1.807, 2.05) is 36.1 Å². The molecule has 0 fully saturated rings. The van der Waals surface area contributed by atoms with Crippen LogP contribution in [0.1, 0.15) is 18.9 Å². The number of rotatable bonds is 6. The molecule has 0 aliphatic carbocycles. The number of para-hydroxylation sites is 1. The first-order chi connectivity index (χ1) is 8.00. The van der Waals surface area contributed by atoms with E-state index in [2.05, 4.69) is 0 Å². The van der Waals surface area contributed by atoms with Crippen molar-refractivity contribution in [3.8, 4) is 0 Å². The molecule has 1 atom stereocenters. The van der Waals surface area contributed by atoms with Gasteiger partial charge in [-0.15, -0.1) is 0 Å². The molecule has 0 saturated carbocycles. The Kier molecular flexibility index (Phi) is 4.97. The van der Waals surface area contributed by atoms with Crippen molar-refractivity contribution in [2.24, 2.45) is 0 Å². The molecule has 0 spiro atoms. The molecule has 0 saturated heterocycles. The number of hydrogen-bond acceptors (Lipinski definition) is 3. The van der Waals surface area contributed by atoms with Crippen molar-refractivity contribution in [3.63, 3.8) is 0 Å². The SMILES string of the molecule is Cc1ccccc1N(CCC(=O)O)CC(C)O. The Morgan fingerprint density at radius 2 is 2.06 bits per heavy atom. The fraction of sp³-hybridized carbons (Fsp3) is 0.462. The molecule has 0 heterocycles. The quantitative estimate of drug-likeness (QED) is 0.790. The number of carboxylic acids is 1. The third-order valence-corrected chi connectivity index (χ3v) is 2.54. The highest BCUT2D eigenvalue weighted by molar-refractivity contribution is 5.68. The molecule has 1 rings (SSSR count). The molecule has 1 aromatic rings. The first-order valence-electron chi connectivity index (χ1n) is 5.71. The highest BCUT2D eigenvalue weighted by Crippen LogP contribution is 2.19. The van der Waals surface area contributed by atoms with Crippen molar-refractivity contribution in [3.05, 3.63) is 29.8 Å². The molecule has 1 aromatic carbocycles. The van der Waals surface area contributed by atoms with Crippen LogP contribution in [0, 0.1) is 6.92 Å². The zero-order chi connectivity index (χ0) is 12.8. The van der Waals surface area contributed by atoms with Gasteiger partial charge in [-0.25, -0.2) is 0 Å². The van der Waals surface area contributed by atoms with E-state index < -0.39 is 12.1 Å². The molecule has 4 nitrogen and oxygen atoms in total. The van der Waals surface area contributed by atoms with Crippen molar-refractivity contribution in [2.75, 3.05) is 18.0 Å². The molecule has 0 aromatic heterocycles. The average Bonchev–Trinajstić information content (AvgIpc) is 2.24. The second-order valence-corrected chi connectivity index (χ2v) is 4.23. The smallest absolute Gasteiger partial charge is 0.305 e. The van der Waals surface area contributed by atoms with Crippen LogP contribution in [-0.2, 0) is 4.79 Å². The van der Waals surface area contributed by atoms with Crippen molar-refractivity contribution in [2.45, 2.75) is 26.4 Å². The Morgan fingerprint density at radius 3 is 2.59 bits per heavy atom. The van der Waals surface area contributed by atoms with E-state index in [9.17, 15) is 9.90 Å². The average molecular weight is 237 g/mol. The molecule has 17 heavy (non-hydrogen) atoms. The third kappa shape index (κ3) is 4.44. The van der Waals surface area contributed by atoms with Gasteiger partial charge in [0.15, 0.2) is 0 Å². The summed E-state index contributed by atoms with van der Waals surface area (Å²) in [7, 11) is 0. The molecule has 0 aliphatic rings. The van der Waals surface area contributed by atoms with Gasteiger partial charge in [-0.3, -0.25) is 4.79 Å². The number of aliphatic hydroxyl groups excluding tert-OH is 1. The number of nitrogens with zero attached hydrogens (tertiary/aromatic N) is 1. The van der Waals surface area contributed by atoms with E-state index in [0.29, 0.717) is 13.1 Å². The maximum Gasteiger partial charge on any atom is 0.305 e. The van der Waals surface area contributed by atoms with Gasteiger partial charge in [-0.2, -0.15) is 0 Å². The molecule has 0 amide bonds. The van der Waals surface area contributed by atoms with Crippen molar-refractivity contribution in [1.29, 1.82) is 0 Å². The number of aliphatic carboxylic acids is 1. The van der Waals surface area contributed by atoms with Crippen LogP contribution >= 0.6 is 0 Å². The number of carbonyl (C=O) groups is 1. The van der Waals surface area contributed by atoms with E-state index in [-0.39, 0.29) is 6.42 Å². The Labute approximate surface area is 101 Å². The van der Waals surface area contributed by atoms with Crippen LogP contribution in [0.4, 0.5) is 5.69 Å². The predicted octanol–water partition coefficient (Wildman–Crippen LogP) is 1.66. The first kappa shape index (κ1) is 13.5. The molecule has 1 unspecified atom stereocenters. The summed E-state index contributed by atoms with van der Waals surface area (Å²) in [6.07, 6.45) is -0.412. The largest absolute Gasteiger partial charge is 0.481 e. The Balaban J connectivity index is 2.82. The maximum absolute atomic E-state index is 10.6.